The number of aliphatic hydroxyl groups is 1. The normalized spacial score (nSPS) is 44.5. The molecule has 0 saturated carbocycles. The lowest BCUT2D eigenvalue weighted by atomic mass is 9.90. The van der Waals surface area contributed by atoms with Gasteiger partial charge < -0.3 is 28.8 Å². The monoisotopic (exact) mass is 314 g/mol. The molecular weight excluding hydrogens is 288 g/mol. The minimum absolute atomic E-state index is 0.0246. The van der Waals surface area contributed by atoms with E-state index in [4.69, 9.17) is 23.7 Å². The third-order valence-electron chi connectivity index (χ3n) is 4.88. The smallest absolute Gasteiger partial charge is 0.155 e. The van der Waals surface area contributed by atoms with Crippen molar-refractivity contribution in [2.75, 3.05) is 19.8 Å². The molecule has 0 aliphatic carbocycles. The van der Waals surface area contributed by atoms with Crippen LogP contribution in [0.3, 0.4) is 0 Å². The zero-order valence-corrected chi connectivity index (χ0v) is 13.1. The van der Waals surface area contributed by atoms with E-state index >= 15 is 0 Å². The number of ether oxygens (including phenoxy) is 5. The van der Waals surface area contributed by atoms with Crippen LogP contribution >= 0.6 is 0 Å². The van der Waals surface area contributed by atoms with Crippen LogP contribution in [0.5, 0.6) is 0 Å². The first-order valence-electron chi connectivity index (χ1n) is 8.54. The van der Waals surface area contributed by atoms with E-state index in [1.165, 1.54) is 0 Å². The van der Waals surface area contributed by atoms with Gasteiger partial charge in [0.1, 0.15) is 11.7 Å². The molecule has 0 aromatic rings. The molecule has 4 fully saturated rings. The molecule has 126 valence electrons. The van der Waals surface area contributed by atoms with Crippen LogP contribution in [-0.2, 0) is 23.7 Å². The molecule has 6 heteroatoms. The highest BCUT2D eigenvalue weighted by atomic mass is 16.7. The molecule has 0 aromatic carbocycles. The molecule has 0 bridgehead atoms. The predicted molar refractivity (Wildman–Crippen MR) is 76.5 cm³/mol. The first-order chi connectivity index (χ1) is 10.7. The average Bonchev–Trinajstić information content (AvgIpc) is 3.29. The van der Waals surface area contributed by atoms with E-state index < -0.39 is 6.29 Å². The molecular formula is C16H26O6. The quantitative estimate of drug-likeness (QED) is 0.453. The van der Waals surface area contributed by atoms with Crippen molar-refractivity contribution in [3.63, 3.8) is 0 Å². The van der Waals surface area contributed by atoms with Crippen molar-refractivity contribution < 1.29 is 28.8 Å². The Balaban J connectivity index is 1.38. The Kier molecular flexibility index (Phi) is 4.17. The van der Waals surface area contributed by atoms with Gasteiger partial charge in [-0.15, -0.1) is 0 Å². The second kappa shape index (κ2) is 6.00. The van der Waals surface area contributed by atoms with Crippen molar-refractivity contribution in [2.45, 2.75) is 81.4 Å². The highest BCUT2D eigenvalue weighted by Crippen LogP contribution is 2.51. The van der Waals surface area contributed by atoms with Gasteiger partial charge in [-0.2, -0.15) is 0 Å². The van der Waals surface area contributed by atoms with Crippen LogP contribution in [0.15, 0.2) is 0 Å². The summed E-state index contributed by atoms with van der Waals surface area (Å²) in [5.74, 6) is 0. The van der Waals surface area contributed by atoms with Crippen LogP contribution in [0.25, 0.3) is 0 Å². The van der Waals surface area contributed by atoms with Crippen LogP contribution in [0.4, 0.5) is 0 Å². The fourth-order valence-corrected chi connectivity index (χ4v) is 3.42. The molecule has 4 aliphatic heterocycles. The largest absolute Gasteiger partial charge is 0.373 e. The van der Waals surface area contributed by atoms with Crippen LogP contribution in [0.2, 0.25) is 0 Å². The van der Waals surface area contributed by atoms with Gasteiger partial charge in [0.05, 0.1) is 44.2 Å². The van der Waals surface area contributed by atoms with Crippen LogP contribution in [-0.4, -0.2) is 67.3 Å². The van der Waals surface area contributed by atoms with Crippen molar-refractivity contribution >= 4 is 0 Å². The number of rotatable bonds is 11. The summed E-state index contributed by atoms with van der Waals surface area (Å²) in [4.78, 5) is 0. The zero-order valence-electron chi connectivity index (χ0n) is 13.1. The highest BCUT2D eigenvalue weighted by Gasteiger charge is 2.64. The van der Waals surface area contributed by atoms with Crippen molar-refractivity contribution in [3.05, 3.63) is 0 Å². The van der Waals surface area contributed by atoms with E-state index in [-0.39, 0.29) is 23.9 Å². The fraction of sp³-hybridized carbons (Fsp3) is 1.00. The molecule has 4 saturated heterocycles. The molecule has 4 heterocycles. The summed E-state index contributed by atoms with van der Waals surface area (Å²) in [6.07, 6.45) is 4.27. The molecule has 6 atom stereocenters. The molecule has 4 rings (SSSR count). The summed E-state index contributed by atoms with van der Waals surface area (Å²) in [6.45, 7) is 4.50. The Labute approximate surface area is 131 Å². The van der Waals surface area contributed by atoms with E-state index in [9.17, 15) is 5.11 Å². The first kappa shape index (κ1) is 15.3. The van der Waals surface area contributed by atoms with Gasteiger partial charge in [0.2, 0.25) is 0 Å². The molecule has 6 unspecified atom stereocenters. The Hall–Kier alpha value is -0.240. The van der Waals surface area contributed by atoms with Gasteiger partial charge in [0.15, 0.2) is 6.29 Å². The molecule has 0 radical (unpaired) electrons. The van der Waals surface area contributed by atoms with Gasteiger partial charge in [-0.25, -0.2) is 0 Å². The lowest BCUT2D eigenvalue weighted by Gasteiger charge is -2.21. The maximum atomic E-state index is 10.0. The molecule has 6 nitrogen and oxygen atoms in total. The van der Waals surface area contributed by atoms with Gasteiger partial charge in [-0.3, -0.25) is 0 Å². The SMILES string of the molecule is CCCC(O)OC(CC1CO1)C1OC1(CC1CO1)CC1CO1. The second-order valence-corrected chi connectivity index (χ2v) is 7.03. The summed E-state index contributed by atoms with van der Waals surface area (Å²) in [7, 11) is 0. The molecule has 22 heavy (non-hydrogen) atoms. The van der Waals surface area contributed by atoms with E-state index in [1.54, 1.807) is 0 Å². The van der Waals surface area contributed by atoms with E-state index in [2.05, 4.69) is 0 Å². The Morgan fingerprint density at radius 1 is 1.09 bits per heavy atom. The van der Waals surface area contributed by atoms with Crippen molar-refractivity contribution in [1.82, 2.24) is 0 Å². The predicted octanol–water partition coefficient (Wildman–Crippen LogP) is 0.994. The Bertz CT molecular complexity index is 376. The van der Waals surface area contributed by atoms with Gasteiger partial charge >= 0.3 is 0 Å². The second-order valence-electron chi connectivity index (χ2n) is 7.03. The standard InChI is InChI=1S/C16H26O6/c1-2-3-14(17)21-13(4-10-7-18-10)15-16(22-15,5-11-8-19-11)6-12-9-20-12/h10-15,17H,2-9H2,1H3. The maximum Gasteiger partial charge on any atom is 0.155 e. The van der Waals surface area contributed by atoms with Crippen molar-refractivity contribution in [2.24, 2.45) is 0 Å². The van der Waals surface area contributed by atoms with Gasteiger partial charge in [-0.1, -0.05) is 13.3 Å². The minimum atomic E-state index is -0.718. The van der Waals surface area contributed by atoms with E-state index in [1.807, 2.05) is 6.92 Å². The Morgan fingerprint density at radius 2 is 1.68 bits per heavy atom. The van der Waals surface area contributed by atoms with E-state index in [0.29, 0.717) is 18.6 Å². The maximum absolute atomic E-state index is 10.0. The lowest BCUT2D eigenvalue weighted by molar-refractivity contribution is -0.147. The van der Waals surface area contributed by atoms with Gasteiger partial charge in [0.25, 0.3) is 0 Å². The van der Waals surface area contributed by atoms with Crippen molar-refractivity contribution in [1.29, 1.82) is 0 Å². The number of aliphatic hydroxyl groups excluding tert-OH is 1. The summed E-state index contributed by atoms with van der Waals surface area (Å²) >= 11 is 0. The number of hydrogen-bond acceptors (Lipinski definition) is 6. The van der Waals surface area contributed by atoms with Crippen molar-refractivity contribution in [3.8, 4) is 0 Å². The third-order valence-corrected chi connectivity index (χ3v) is 4.88. The lowest BCUT2D eigenvalue weighted by Crippen LogP contribution is -2.33. The van der Waals surface area contributed by atoms with Gasteiger partial charge in [0, 0.05) is 19.3 Å². The average molecular weight is 314 g/mol. The summed E-state index contributed by atoms with van der Waals surface area (Å²) < 4.78 is 28.1. The zero-order chi connectivity index (χ0) is 15.2. The first-order valence-corrected chi connectivity index (χ1v) is 8.54. The summed E-state index contributed by atoms with van der Waals surface area (Å²) in [5.41, 5.74) is -0.187. The number of epoxide rings is 4. The molecule has 4 aliphatic rings. The third kappa shape index (κ3) is 3.80. The van der Waals surface area contributed by atoms with E-state index in [0.717, 1.165) is 45.5 Å². The van der Waals surface area contributed by atoms with Crippen LogP contribution in [0.1, 0.15) is 39.0 Å². The number of hydrogen-bond donors (Lipinski definition) is 1. The minimum Gasteiger partial charge on any atom is -0.373 e. The molecule has 0 spiro atoms. The highest BCUT2D eigenvalue weighted by molar-refractivity contribution is 5.11. The molecule has 0 amide bonds. The topological polar surface area (TPSA) is 79.6 Å². The fourth-order valence-electron chi connectivity index (χ4n) is 3.42. The van der Waals surface area contributed by atoms with Crippen LogP contribution < -0.4 is 0 Å². The van der Waals surface area contributed by atoms with Crippen LogP contribution in [0, 0.1) is 0 Å². The molecule has 1 N–H and O–H groups in total. The summed E-state index contributed by atoms with van der Waals surface area (Å²) in [6, 6.07) is 0. The summed E-state index contributed by atoms with van der Waals surface area (Å²) in [5, 5.41) is 10.0. The van der Waals surface area contributed by atoms with Gasteiger partial charge in [-0.05, 0) is 6.42 Å². The molecule has 0 aromatic heterocycles. The Morgan fingerprint density at radius 3 is 2.18 bits per heavy atom.